The summed E-state index contributed by atoms with van der Waals surface area (Å²) in [5, 5.41) is 0. The Morgan fingerprint density at radius 2 is 1.46 bits per heavy atom. The van der Waals surface area contributed by atoms with E-state index in [0.29, 0.717) is 12.3 Å². The van der Waals surface area contributed by atoms with Crippen molar-refractivity contribution in [2.45, 2.75) is 6.04 Å². The van der Waals surface area contributed by atoms with E-state index in [4.69, 9.17) is 4.74 Å². The Labute approximate surface area is 166 Å². The number of hydrogen-bond donors (Lipinski definition) is 1. The Morgan fingerprint density at radius 1 is 0.893 bits per heavy atom. The molecule has 0 aromatic heterocycles. The minimum absolute atomic E-state index is 0.425. The average Bonchev–Trinajstić information content (AvgIpc) is 2.71. The summed E-state index contributed by atoms with van der Waals surface area (Å²) in [5.74, 6) is 0.684. The van der Waals surface area contributed by atoms with Gasteiger partial charge in [0.2, 0.25) is 10.0 Å². The summed E-state index contributed by atoms with van der Waals surface area (Å²) in [6, 6.07) is 26.8. The standard InChI is InChI=1S/C22H24N2O3S/c1-27-21-15-9-10-18(16-21)22(23-28(2,25)26)17-24(19-11-5-3-6-12-19)20-13-7-4-8-14-20/h3-16,22-23H,17H2,1-2H3/t22-/m0/s1. The van der Waals surface area contributed by atoms with Crippen LogP contribution in [0.3, 0.4) is 0 Å². The molecule has 0 fully saturated rings. The molecule has 3 aromatic carbocycles. The van der Waals surface area contributed by atoms with Gasteiger partial charge in [0.15, 0.2) is 0 Å². The van der Waals surface area contributed by atoms with Gasteiger partial charge < -0.3 is 9.64 Å². The highest BCUT2D eigenvalue weighted by Crippen LogP contribution is 2.29. The topological polar surface area (TPSA) is 58.6 Å². The van der Waals surface area contributed by atoms with E-state index in [1.165, 1.54) is 6.26 Å². The van der Waals surface area contributed by atoms with Crippen molar-refractivity contribution in [2.24, 2.45) is 0 Å². The van der Waals surface area contributed by atoms with Crippen LogP contribution in [0.25, 0.3) is 0 Å². The number of hydrogen-bond acceptors (Lipinski definition) is 4. The van der Waals surface area contributed by atoms with E-state index < -0.39 is 16.1 Å². The van der Waals surface area contributed by atoms with E-state index >= 15 is 0 Å². The number of sulfonamides is 1. The molecule has 0 amide bonds. The van der Waals surface area contributed by atoms with Crippen molar-refractivity contribution in [3.8, 4) is 5.75 Å². The van der Waals surface area contributed by atoms with Gasteiger partial charge in [-0.3, -0.25) is 0 Å². The van der Waals surface area contributed by atoms with Crippen LogP contribution in [-0.2, 0) is 10.0 Å². The number of methoxy groups -OCH3 is 1. The van der Waals surface area contributed by atoms with Gasteiger partial charge in [-0.15, -0.1) is 0 Å². The second kappa shape index (κ2) is 8.91. The van der Waals surface area contributed by atoms with Crippen molar-refractivity contribution in [3.63, 3.8) is 0 Å². The number of benzene rings is 3. The molecule has 0 heterocycles. The van der Waals surface area contributed by atoms with E-state index in [2.05, 4.69) is 9.62 Å². The molecule has 0 radical (unpaired) electrons. The molecular weight excluding hydrogens is 372 g/mol. The molecule has 1 atom stereocenters. The van der Waals surface area contributed by atoms with Crippen molar-refractivity contribution in [3.05, 3.63) is 90.5 Å². The average molecular weight is 397 g/mol. The van der Waals surface area contributed by atoms with Crippen LogP contribution in [-0.4, -0.2) is 28.3 Å². The maximum absolute atomic E-state index is 12.1. The quantitative estimate of drug-likeness (QED) is 0.622. The van der Waals surface area contributed by atoms with Crippen molar-refractivity contribution >= 4 is 21.4 Å². The molecule has 3 rings (SSSR count). The lowest BCUT2D eigenvalue weighted by Gasteiger charge is -2.30. The number of rotatable bonds is 8. The van der Waals surface area contributed by atoms with Crippen LogP contribution in [0.15, 0.2) is 84.9 Å². The number of nitrogens with zero attached hydrogens (tertiary/aromatic N) is 1. The van der Waals surface area contributed by atoms with Crippen LogP contribution in [0.5, 0.6) is 5.75 Å². The third-order valence-corrected chi connectivity index (χ3v) is 5.07. The fraction of sp³-hybridized carbons (Fsp3) is 0.182. The molecule has 3 aromatic rings. The lowest BCUT2D eigenvalue weighted by molar-refractivity contribution is 0.413. The van der Waals surface area contributed by atoms with Gasteiger partial charge in [-0.25, -0.2) is 13.1 Å². The Balaban J connectivity index is 2.02. The maximum atomic E-state index is 12.1. The van der Waals surface area contributed by atoms with Gasteiger partial charge in [-0.2, -0.15) is 0 Å². The molecular formula is C22H24N2O3S. The Morgan fingerprint density at radius 3 is 1.96 bits per heavy atom. The first-order valence-corrected chi connectivity index (χ1v) is 10.8. The number of anilines is 2. The van der Waals surface area contributed by atoms with E-state index in [1.54, 1.807) is 7.11 Å². The number of ether oxygens (including phenoxy) is 1. The van der Waals surface area contributed by atoms with Gasteiger partial charge in [0.05, 0.1) is 19.4 Å². The van der Waals surface area contributed by atoms with Crippen LogP contribution in [0.4, 0.5) is 11.4 Å². The molecule has 1 N–H and O–H groups in total. The lowest BCUT2D eigenvalue weighted by Crippen LogP contribution is -2.35. The molecule has 0 aliphatic rings. The third-order valence-electron chi connectivity index (χ3n) is 4.35. The first kappa shape index (κ1) is 19.9. The molecule has 0 aliphatic carbocycles. The molecule has 28 heavy (non-hydrogen) atoms. The van der Waals surface area contributed by atoms with E-state index in [-0.39, 0.29) is 0 Å². The Bertz CT molecular complexity index is 953. The largest absolute Gasteiger partial charge is 0.497 e. The zero-order valence-corrected chi connectivity index (χ0v) is 16.8. The molecule has 0 spiro atoms. The highest BCUT2D eigenvalue weighted by Gasteiger charge is 2.21. The fourth-order valence-corrected chi connectivity index (χ4v) is 3.81. The SMILES string of the molecule is COc1cccc([C@H](CN(c2ccccc2)c2ccccc2)NS(C)(=O)=O)c1. The molecule has 5 nitrogen and oxygen atoms in total. The molecule has 6 heteroatoms. The monoisotopic (exact) mass is 396 g/mol. The summed E-state index contributed by atoms with van der Waals surface area (Å²) >= 11 is 0. The predicted octanol–water partition coefficient (Wildman–Crippen LogP) is 4.12. The minimum Gasteiger partial charge on any atom is -0.497 e. The second-order valence-electron chi connectivity index (χ2n) is 6.50. The van der Waals surface area contributed by atoms with Crippen LogP contribution in [0.1, 0.15) is 11.6 Å². The van der Waals surface area contributed by atoms with Crippen LogP contribution < -0.4 is 14.4 Å². The molecule has 0 bridgehead atoms. The first-order chi connectivity index (χ1) is 13.5. The van der Waals surface area contributed by atoms with Crippen molar-refractivity contribution in [1.29, 1.82) is 0 Å². The highest BCUT2D eigenvalue weighted by molar-refractivity contribution is 7.88. The van der Waals surface area contributed by atoms with Gasteiger partial charge >= 0.3 is 0 Å². The van der Waals surface area contributed by atoms with E-state index in [1.807, 2.05) is 84.9 Å². The Kier molecular flexibility index (Phi) is 6.34. The van der Waals surface area contributed by atoms with E-state index in [0.717, 1.165) is 16.9 Å². The van der Waals surface area contributed by atoms with Gasteiger partial charge in [-0.1, -0.05) is 48.5 Å². The van der Waals surface area contributed by atoms with Crippen LogP contribution in [0, 0.1) is 0 Å². The zero-order chi connectivity index (χ0) is 20.0. The second-order valence-corrected chi connectivity index (χ2v) is 8.28. The predicted molar refractivity (Wildman–Crippen MR) is 114 cm³/mol. The number of nitrogens with one attached hydrogen (secondary N) is 1. The smallest absolute Gasteiger partial charge is 0.209 e. The normalized spacial score (nSPS) is 12.4. The van der Waals surface area contributed by atoms with Crippen LogP contribution >= 0.6 is 0 Å². The van der Waals surface area contributed by atoms with Crippen molar-refractivity contribution < 1.29 is 13.2 Å². The van der Waals surface area contributed by atoms with Crippen molar-refractivity contribution in [1.82, 2.24) is 4.72 Å². The molecule has 0 saturated heterocycles. The van der Waals surface area contributed by atoms with Crippen molar-refractivity contribution in [2.75, 3.05) is 24.8 Å². The molecule has 0 unspecified atom stereocenters. The Hall–Kier alpha value is -2.83. The van der Waals surface area contributed by atoms with Gasteiger partial charge in [-0.05, 0) is 42.0 Å². The summed E-state index contributed by atoms with van der Waals surface area (Å²) in [4.78, 5) is 2.10. The summed E-state index contributed by atoms with van der Waals surface area (Å²) in [5.41, 5.74) is 2.80. The zero-order valence-electron chi connectivity index (χ0n) is 15.9. The highest BCUT2D eigenvalue weighted by atomic mass is 32.2. The maximum Gasteiger partial charge on any atom is 0.209 e. The van der Waals surface area contributed by atoms with Gasteiger partial charge in [0, 0.05) is 17.9 Å². The summed E-state index contributed by atoms with van der Waals surface area (Å²) in [6.45, 7) is 0.425. The summed E-state index contributed by atoms with van der Waals surface area (Å²) in [6.07, 6.45) is 1.18. The van der Waals surface area contributed by atoms with Gasteiger partial charge in [0.1, 0.15) is 5.75 Å². The van der Waals surface area contributed by atoms with Crippen LogP contribution in [0.2, 0.25) is 0 Å². The summed E-state index contributed by atoms with van der Waals surface area (Å²) in [7, 11) is -1.82. The third kappa shape index (κ3) is 5.34. The molecule has 0 aliphatic heterocycles. The molecule has 146 valence electrons. The lowest BCUT2D eigenvalue weighted by atomic mass is 10.1. The van der Waals surface area contributed by atoms with Gasteiger partial charge in [0.25, 0.3) is 0 Å². The first-order valence-electron chi connectivity index (χ1n) is 8.95. The fourth-order valence-electron chi connectivity index (χ4n) is 3.09. The summed E-state index contributed by atoms with van der Waals surface area (Å²) < 4.78 is 32.2. The molecule has 0 saturated carbocycles. The van der Waals surface area contributed by atoms with E-state index in [9.17, 15) is 8.42 Å². The number of para-hydroxylation sites is 2. The minimum atomic E-state index is -3.42.